The van der Waals surface area contributed by atoms with Crippen LogP contribution in [0.2, 0.25) is 0 Å². The lowest BCUT2D eigenvalue weighted by molar-refractivity contribution is 0.0706. The van der Waals surface area contributed by atoms with Crippen LogP contribution < -0.4 is 0 Å². The molecule has 0 bridgehead atoms. The lowest BCUT2D eigenvalue weighted by Gasteiger charge is -2.26. The number of aromatic nitrogens is 1. The van der Waals surface area contributed by atoms with E-state index in [9.17, 15) is 4.79 Å². The van der Waals surface area contributed by atoms with E-state index < -0.39 is 0 Å². The molecule has 1 aromatic carbocycles. The van der Waals surface area contributed by atoms with Crippen molar-refractivity contribution in [3.05, 3.63) is 42.1 Å². The fraction of sp³-hybridized carbons (Fsp3) is 0.444. The molecule has 0 fully saturated rings. The third-order valence-electron chi connectivity index (χ3n) is 3.20. The molecule has 114 valence electrons. The molecule has 1 amide bonds. The molecule has 3 nitrogen and oxygen atoms in total. The van der Waals surface area contributed by atoms with Crippen LogP contribution in [0.5, 0.6) is 0 Å². The van der Waals surface area contributed by atoms with Gasteiger partial charge < -0.3 is 4.90 Å². The van der Waals surface area contributed by atoms with Crippen molar-refractivity contribution in [2.45, 2.75) is 47.1 Å². The summed E-state index contributed by atoms with van der Waals surface area (Å²) in [5.74, 6) is 0.0996. The van der Waals surface area contributed by atoms with Crippen LogP contribution in [-0.4, -0.2) is 28.4 Å². The fourth-order valence-electron chi connectivity index (χ4n) is 2.21. The number of rotatable bonds is 4. The van der Waals surface area contributed by atoms with E-state index in [1.807, 2.05) is 49.1 Å². The molecule has 0 atom stereocenters. The summed E-state index contributed by atoms with van der Waals surface area (Å²) in [4.78, 5) is 18.7. The minimum absolute atomic E-state index is 0.0996. The highest BCUT2D eigenvalue weighted by atomic mass is 16.2. The van der Waals surface area contributed by atoms with Crippen molar-refractivity contribution >= 4 is 16.8 Å². The largest absolute Gasteiger partial charge is 0.336 e. The first-order valence-electron chi connectivity index (χ1n) is 7.79. The minimum atomic E-state index is 0.0996. The quantitative estimate of drug-likeness (QED) is 0.827. The Morgan fingerprint density at radius 3 is 2.57 bits per heavy atom. The molecule has 3 heteroatoms. The van der Waals surface area contributed by atoms with Gasteiger partial charge in [-0.3, -0.25) is 9.78 Å². The lowest BCUT2D eigenvalue weighted by Crippen LogP contribution is -2.37. The molecule has 1 aromatic heterocycles. The number of hydrogen-bond donors (Lipinski definition) is 0. The molecule has 0 aliphatic carbocycles. The number of nitrogens with zero attached hydrogens (tertiary/aromatic N) is 2. The molecule has 0 saturated heterocycles. The Labute approximate surface area is 128 Å². The van der Waals surface area contributed by atoms with Gasteiger partial charge >= 0.3 is 0 Å². The first-order valence-corrected chi connectivity index (χ1v) is 7.79. The molecular weight excluding hydrogens is 260 g/mol. The van der Waals surface area contributed by atoms with Gasteiger partial charge in [-0.2, -0.15) is 0 Å². The Bertz CT molecular complexity index is 578. The molecule has 2 aromatic rings. The highest BCUT2D eigenvalue weighted by Gasteiger charge is 2.17. The van der Waals surface area contributed by atoms with Gasteiger partial charge in [-0.15, -0.1) is 0 Å². The van der Waals surface area contributed by atoms with Gasteiger partial charge in [0.2, 0.25) is 0 Å². The minimum Gasteiger partial charge on any atom is -0.336 e. The first kappa shape index (κ1) is 17.2. The highest BCUT2D eigenvalue weighted by molar-refractivity contribution is 5.98. The molecule has 0 spiro atoms. The van der Waals surface area contributed by atoms with Crippen LogP contribution in [0.1, 0.15) is 51.4 Å². The summed E-state index contributed by atoms with van der Waals surface area (Å²) in [5.41, 5.74) is 1.66. The Hall–Kier alpha value is -1.90. The van der Waals surface area contributed by atoms with Gasteiger partial charge in [0.15, 0.2) is 0 Å². The number of amides is 1. The fourth-order valence-corrected chi connectivity index (χ4v) is 2.21. The Morgan fingerprint density at radius 2 is 1.95 bits per heavy atom. The van der Waals surface area contributed by atoms with Gasteiger partial charge in [-0.1, -0.05) is 26.8 Å². The van der Waals surface area contributed by atoms with Crippen LogP contribution in [0.4, 0.5) is 0 Å². The van der Waals surface area contributed by atoms with Crippen molar-refractivity contribution in [2.75, 3.05) is 6.54 Å². The third-order valence-corrected chi connectivity index (χ3v) is 3.20. The Kier molecular flexibility index (Phi) is 6.86. The first-order chi connectivity index (χ1) is 10.1. The van der Waals surface area contributed by atoms with Crippen molar-refractivity contribution in [1.82, 2.24) is 9.88 Å². The molecule has 0 saturated carbocycles. The van der Waals surface area contributed by atoms with Crippen molar-refractivity contribution < 1.29 is 4.79 Å². The molecule has 21 heavy (non-hydrogen) atoms. The molecule has 1 heterocycles. The molecule has 0 N–H and O–H groups in total. The van der Waals surface area contributed by atoms with E-state index in [1.165, 1.54) is 0 Å². The Balaban J connectivity index is 0.00000106. The number of pyridine rings is 1. The SMILES string of the molecule is CC.CCCN(C(=O)c1ccc2ncccc2c1)C(C)C. The van der Waals surface area contributed by atoms with E-state index in [4.69, 9.17) is 0 Å². The van der Waals surface area contributed by atoms with E-state index in [2.05, 4.69) is 25.8 Å². The number of hydrogen-bond acceptors (Lipinski definition) is 2. The van der Waals surface area contributed by atoms with Crippen molar-refractivity contribution in [3.63, 3.8) is 0 Å². The summed E-state index contributed by atoms with van der Waals surface area (Å²) in [7, 11) is 0. The second-order valence-electron chi connectivity index (χ2n) is 5.00. The number of benzene rings is 1. The smallest absolute Gasteiger partial charge is 0.254 e. The topological polar surface area (TPSA) is 33.2 Å². The molecule has 2 rings (SSSR count). The molecule has 0 aliphatic heterocycles. The highest BCUT2D eigenvalue weighted by Crippen LogP contribution is 2.16. The van der Waals surface area contributed by atoms with Crippen LogP contribution in [0.3, 0.4) is 0 Å². The number of fused-ring (bicyclic) bond motifs is 1. The van der Waals surface area contributed by atoms with Gasteiger partial charge in [0.1, 0.15) is 0 Å². The Morgan fingerprint density at radius 1 is 1.24 bits per heavy atom. The standard InChI is InChI=1S/C16H20N2O.C2H6/c1-4-10-18(12(2)3)16(19)14-7-8-15-13(11-14)6-5-9-17-15;1-2/h5-9,11-12H,4,10H2,1-3H3;1-2H3. The van der Waals surface area contributed by atoms with Gasteiger partial charge in [-0.05, 0) is 44.5 Å². The lowest BCUT2D eigenvalue weighted by atomic mass is 10.1. The van der Waals surface area contributed by atoms with Gasteiger partial charge in [0.25, 0.3) is 5.91 Å². The second-order valence-corrected chi connectivity index (χ2v) is 5.00. The van der Waals surface area contributed by atoms with Gasteiger partial charge in [0.05, 0.1) is 5.52 Å². The van der Waals surface area contributed by atoms with Gasteiger partial charge in [-0.25, -0.2) is 0 Å². The van der Waals surface area contributed by atoms with Crippen molar-refractivity contribution in [1.29, 1.82) is 0 Å². The average Bonchev–Trinajstić information content (AvgIpc) is 2.53. The van der Waals surface area contributed by atoms with Crippen LogP contribution >= 0.6 is 0 Å². The molecule has 0 radical (unpaired) electrons. The van der Waals surface area contributed by atoms with E-state index in [0.29, 0.717) is 0 Å². The van der Waals surface area contributed by atoms with Gasteiger partial charge in [0, 0.05) is 29.7 Å². The van der Waals surface area contributed by atoms with Crippen LogP contribution in [0.25, 0.3) is 10.9 Å². The van der Waals surface area contributed by atoms with E-state index in [1.54, 1.807) is 6.20 Å². The predicted octanol–water partition coefficient (Wildman–Crippen LogP) is 4.52. The second kappa shape index (κ2) is 8.40. The summed E-state index contributed by atoms with van der Waals surface area (Å²) in [6.07, 6.45) is 2.74. The summed E-state index contributed by atoms with van der Waals surface area (Å²) >= 11 is 0. The van der Waals surface area contributed by atoms with Crippen LogP contribution in [0.15, 0.2) is 36.5 Å². The molecular formula is C18H26N2O. The monoisotopic (exact) mass is 286 g/mol. The van der Waals surface area contributed by atoms with Crippen LogP contribution in [-0.2, 0) is 0 Å². The predicted molar refractivity (Wildman–Crippen MR) is 89.6 cm³/mol. The van der Waals surface area contributed by atoms with Crippen LogP contribution in [0, 0.1) is 0 Å². The zero-order valence-corrected chi connectivity index (χ0v) is 13.8. The van der Waals surface area contributed by atoms with Crippen molar-refractivity contribution in [2.24, 2.45) is 0 Å². The zero-order chi connectivity index (χ0) is 15.8. The normalized spacial score (nSPS) is 10.2. The maximum absolute atomic E-state index is 12.5. The summed E-state index contributed by atoms with van der Waals surface area (Å²) in [5, 5.41) is 1.01. The summed E-state index contributed by atoms with van der Waals surface area (Å²) in [6.45, 7) is 11.0. The van der Waals surface area contributed by atoms with Crippen molar-refractivity contribution in [3.8, 4) is 0 Å². The number of carbonyl (C=O) groups excluding carboxylic acids is 1. The number of carbonyl (C=O) groups is 1. The molecule has 0 unspecified atom stereocenters. The van der Waals surface area contributed by atoms with E-state index >= 15 is 0 Å². The zero-order valence-electron chi connectivity index (χ0n) is 13.8. The maximum atomic E-state index is 12.5. The summed E-state index contributed by atoms with van der Waals surface area (Å²) < 4.78 is 0. The molecule has 0 aliphatic rings. The van der Waals surface area contributed by atoms with E-state index in [0.717, 1.165) is 29.4 Å². The van der Waals surface area contributed by atoms with E-state index in [-0.39, 0.29) is 11.9 Å². The maximum Gasteiger partial charge on any atom is 0.254 e. The summed E-state index contributed by atoms with van der Waals surface area (Å²) in [6, 6.07) is 9.80. The third kappa shape index (κ3) is 4.28. The average molecular weight is 286 g/mol.